The Morgan fingerprint density at radius 2 is 2.06 bits per heavy atom. The van der Waals surface area contributed by atoms with Crippen LogP contribution in [0.5, 0.6) is 0 Å². The lowest BCUT2D eigenvalue weighted by molar-refractivity contribution is 0.0354. The molecule has 2 rings (SSSR count). The Morgan fingerprint density at radius 3 is 2.50 bits per heavy atom. The third kappa shape index (κ3) is 2.95. The number of nitrogens with zero attached hydrogens (tertiary/aromatic N) is 1. The molecular formula is C12H23N3O. The highest BCUT2D eigenvalue weighted by molar-refractivity contribution is 5.78. The van der Waals surface area contributed by atoms with Crippen LogP contribution in [0.15, 0.2) is 0 Å². The molecule has 4 heteroatoms. The van der Waals surface area contributed by atoms with Crippen molar-refractivity contribution in [1.82, 2.24) is 4.90 Å². The molecule has 3 N–H and O–H groups in total. The smallest absolute Gasteiger partial charge is 0.0911 e. The summed E-state index contributed by atoms with van der Waals surface area (Å²) >= 11 is 0. The third-order valence-electron chi connectivity index (χ3n) is 3.95. The number of hydrogen-bond donors (Lipinski definition) is 2. The summed E-state index contributed by atoms with van der Waals surface area (Å²) in [5.41, 5.74) is 5.86. The lowest BCUT2D eigenvalue weighted by Gasteiger charge is -2.33. The standard InChI is InChI=1S/C12H23N3O/c1-16-10-2-6-15(7-3-10)9-12(4-5-12)8-11(13)14/h10H,2-9H2,1H3,(H3,13,14). The molecule has 1 aliphatic carbocycles. The minimum atomic E-state index is 0.351. The highest BCUT2D eigenvalue weighted by atomic mass is 16.5. The maximum atomic E-state index is 7.41. The largest absolute Gasteiger partial charge is 0.388 e. The molecule has 0 aromatic heterocycles. The molecule has 0 aromatic carbocycles. The van der Waals surface area contributed by atoms with Crippen molar-refractivity contribution in [3.63, 3.8) is 0 Å². The summed E-state index contributed by atoms with van der Waals surface area (Å²) in [6, 6.07) is 0. The molecule has 0 amide bonds. The van der Waals surface area contributed by atoms with Crippen LogP contribution in [-0.2, 0) is 4.74 Å². The predicted molar refractivity (Wildman–Crippen MR) is 64.7 cm³/mol. The summed E-state index contributed by atoms with van der Waals surface area (Å²) < 4.78 is 5.37. The lowest BCUT2D eigenvalue weighted by atomic mass is 9.99. The van der Waals surface area contributed by atoms with E-state index in [4.69, 9.17) is 15.9 Å². The van der Waals surface area contributed by atoms with Gasteiger partial charge in [0, 0.05) is 33.2 Å². The Morgan fingerprint density at radius 1 is 1.44 bits per heavy atom. The van der Waals surface area contributed by atoms with E-state index in [0.717, 1.165) is 38.9 Å². The number of piperidine rings is 1. The van der Waals surface area contributed by atoms with Gasteiger partial charge in [-0.25, -0.2) is 0 Å². The molecule has 0 atom stereocenters. The van der Waals surface area contributed by atoms with E-state index >= 15 is 0 Å². The van der Waals surface area contributed by atoms with Crippen LogP contribution >= 0.6 is 0 Å². The van der Waals surface area contributed by atoms with E-state index in [1.165, 1.54) is 12.8 Å². The summed E-state index contributed by atoms with van der Waals surface area (Å²) in [6.07, 6.45) is 6.03. The zero-order chi connectivity index (χ0) is 11.6. The van der Waals surface area contributed by atoms with Crippen molar-refractivity contribution in [1.29, 1.82) is 5.41 Å². The van der Waals surface area contributed by atoms with Crippen LogP contribution in [0.2, 0.25) is 0 Å². The normalized spacial score (nSPS) is 25.6. The highest BCUT2D eigenvalue weighted by Crippen LogP contribution is 2.49. The Balaban J connectivity index is 1.76. The SMILES string of the molecule is COC1CCN(CC2(CC(=N)N)CC2)CC1. The predicted octanol–water partition coefficient (Wildman–Crippen LogP) is 1.20. The Bertz CT molecular complexity index is 255. The van der Waals surface area contributed by atoms with Crippen LogP contribution < -0.4 is 5.73 Å². The molecule has 16 heavy (non-hydrogen) atoms. The second-order valence-electron chi connectivity index (χ2n) is 5.41. The van der Waals surface area contributed by atoms with E-state index in [9.17, 15) is 0 Å². The van der Waals surface area contributed by atoms with Crippen LogP contribution in [0.4, 0.5) is 0 Å². The van der Waals surface area contributed by atoms with Gasteiger partial charge in [-0.15, -0.1) is 0 Å². The van der Waals surface area contributed by atoms with Crippen molar-refractivity contribution >= 4 is 5.84 Å². The molecule has 0 spiro atoms. The number of nitrogens with two attached hydrogens (primary N) is 1. The molecule has 2 aliphatic rings. The maximum Gasteiger partial charge on any atom is 0.0911 e. The van der Waals surface area contributed by atoms with Gasteiger partial charge < -0.3 is 15.4 Å². The molecule has 0 unspecified atom stereocenters. The first-order valence-corrected chi connectivity index (χ1v) is 6.22. The van der Waals surface area contributed by atoms with Crippen molar-refractivity contribution in [2.45, 2.75) is 38.2 Å². The second-order valence-corrected chi connectivity index (χ2v) is 5.41. The Kier molecular flexibility index (Phi) is 3.50. The fraction of sp³-hybridized carbons (Fsp3) is 0.917. The number of likely N-dealkylation sites (tertiary alicyclic amines) is 1. The van der Waals surface area contributed by atoms with Gasteiger partial charge in [0.05, 0.1) is 11.9 Å². The zero-order valence-corrected chi connectivity index (χ0v) is 10.2. The molecule has 1 saturated heterocycles. The van der Waals surface area contributed by atoms with Crippen molar-refractivity contribution in [2.24, 2.45) is 11.1 Å². The number of rotatable bonds is 5. The molecular weight excluding hydrogens is 202 g/mol. The molecule has 1 aliphatic heterocycles. The van der Waals surface area contributed by atoms with Gasteiger partial charge >= 0.3 is 0 Å². The Hall–Kier alpha value is -0.610. The summed E-state index contributed by atoms with van der Waals surface area (Å²) in [5, 5.41) is 7.41. The molecule has 0 radical (unpaired) electrons. The summed E-state index contributed by atoms with van der Waals surface area (Å²) in [7, 11) is 1.80. The van der Waals surface area contributed by atoms with Crippen molar-refractivity contribution in [2.75, 3.05) is 26.7 Å². The first kappa shape index (κ1) is 11.9. The Labute approximate surface area is 97.6 Å². The molecule has 0 bridgehead atoms. The number of ether oxygens (including phenoxy) is 1. The van der Waals surface area contributed by atoms with Gasteiger partial charge in [-0.05, 0) is 31.1 Å². The summed E-state index contributed by atoms with van der Waals surface area (Å²) in [6.45, 7) is 3.40. The topological polar surface area (TPSA) is 62.3 Å². The van der Waals surface area contributed by atoms with Gasteiger partial charge in [-0.3, -0.25) is 5.41 Å². The van der Waals surface area contributed by atoms with Crippen molar-refractivity contribution in [3.05, 3.63) is 0 Å². The van der Waals surface area contributed by atoms with Gasteiger partial charge in [-0.2, -0.15) is 0 Å². The van der Waals surface area contributed by atoms with Gasteiger partial charge in [0.1, 0.15) is 0 Å². The van der Waals surface area contributed by atoms with Crippen LogP contribution in [0.1, 0.15) is 32.1 Å². The quantitative estimate of drug-likeness (QED) is 0.546. The molecule has 92 valence electrons. The first-order valence-electron chi connectivity index (χ1n) is 6.22. The van der Waals surface area contributed by atoms with Crippen LogP contribution in [0.3, 0.4) is 0 Å². The van der Waals surface area contributed by atoms with Crippen LogP contribution in [0, 0.1) is 10.8 Å². The minimum absolute atomic E-state index is 0.351. The molecule has 1 saturated carbocycles. The average Bonchev–Trinajstić information content (AvgIpc) is 2.98. The van der Waals surface area contributed by atoms with Gasteiger partial charge in [0.25, 0.3) is 0 Å². The summed E-state index contributed by atoms with van der Waals surface area (Å²) in [4.78, 5) is 2.52. The molecule has 1 heterocycles. The lowest BCUT2D eigenvalue weighted by Crippen LogP contribution is -2.40. The number of amidine groups is 1. The summed E-state index contributed by atoms with van der Waals surface area (Å²) in [5.74, 6) is 0.351. The fourth-order valence-electron chi connectivity index (χ4n) is 2.75. The highest BCUT2D eigenvalue weighted by Gasteiger charge is 2.44. The fourth-order valence-corrected chi connectivity index (χ4v) is 2.75. The first-order chi connectivity index (χ1) is 7.63. The molecule has 0 aromatic rings. The molecule has 2 fully saturated rings. The third-order valence-corrected chi connectivity index (χ3v) is 3.95. The van der Waals surface area contributed by atoms with E-state index in [1.807, 2.05) is 0 Å². The van der Waals surface area contributed by atoms with E-state index in [-0.39, 0.29) is 0 Å². The van der Waals surface area contributed by atoms with E-state index < -0.39 is 0 Å². The van der Waals surface area contributed by atoms with Gasteiger partial charge in [0.15, 0.2) is 0 Å². The van der Waals surface area contributed by atoms with Crippen molar-refractivity contribution < 1.29 is 4.74 Å². The minimum Gasteiger partial charge on any atom is -0.388 e. The van der Waals surface area contributed by atoms with Gasteiger partial charge in [0.2, 0.25) is 0 Å². The second kappa shape index (κ2) is 4.72. The van der Waals surface area contributed by atoms with E-state index in [2.05, 4.69) is 4.90 Å². The van der Waals surface area contributed by atoms with Crippen LogP contribution in [-0.4, -0.2) is 43.6 Å². The zero-order valence-electron chi connectivity index (χ0n) is 10.2. The molecule has 4 nitrogen and oxygen atoms in total. The number of nitrogens with one attached hydrogen (secondary N) is 1. The van der Waals surface area contributed by atoms with Crippen molar-refractivity contribution in [3.8, 4) is 0 Å². The van der Waals surface area contributed by atoms with Gasteiger partial charge in [-0.1, -0.05) is 0 Å². The van der Waals surface area contributed by atoms with E-state index in [1.54, 1.807) is 7.11 Å². The van der Waals surface area contributed by atoms with E-state index in [0.29, 0.717) is 17.4 Å². The maximum absolute atomic E-state index is 7.41. The number of hydrogen-bond acceptors (Lipinski definition) is 3. The number of methoxy groups -OCH3 is 1. The average molecular weight is 225 g/mol. The monoisotopic (exact) mass is 225 g/mol. The van der Waals surface area contributed by atoms with Crippen LogP contribution in [0.25, 0.3) is 0 Å².